The molecule has 5 heteroatoms. The van der Waals surface area contributed by atoms with E-state index in [-0.39, 0.29) is 5.56 Å². The molecule has 0 saturated heterocycles. The van der Waals surface area contributed by atoms with Crippen LogP contribution in [0.5, 0.6) is 0 Å². The van der Waals surface area contributed by atoms with E-state index in [0.717, 1.165) is 6.07 Å². The van der Waals surface area contributed by atoms with Crippen LogP contribution in [0.15, 0.2) is 18.2 Å². The van der Waals surface area contributed by atoms with E-state index in [1.54, 1.807) is 0 Å². The number of carboxylic acid groups (broad SMARTS) is 1. The average molecular weight is 231 g/mol. The SMILES string of the molecule is CC(=O)C(Cl)c1cccc(F)c1C(=O)O. The highest BCUT2D eigenvalue weighted by molar-refractivity contribution is 6.31. The third-order valence-electron chi connectivity index (χ3n) is 1.89. The molecule has 0 aliphatic heterocycles. The number of carboxylic acids is 1. The molecule has 0 spiro atoms. The van der Waals surface area contributed by atoms with Crippen LogP contribution < -0.4 is 0 Å². The third kappa shape index (κ3) is 2.33. The first kappa shape index (κ1) is 11.7. The molecule has 0 heterocycles. The van der Waals surface area contributed by atoms with Gasteiger partial charge in [-0.15, -0.1) is 11.6 Å². The van der Waals surface area contributed by atoms with Crippen molar-refractivity contribution in [3.8, 4) is 0 Å². The van der Waals surface area contributed by atoms with E-state index >= 15 is 0 Å². The van der Waals surface area contributed by atoms with Gasteiger partial charge in [-0.1, -0.05) is 12.1 Å². The molecule has 0 aliphatic carbocycles. The number of carbonyl (C=O) groups excluding carboxylic acids is 1. The second-order valence-electron chi connectivity index (χ2n) is 2.98. The number of hydrogen-bond donors (Lipinski definition) is 1. The summed E-state index contributed by atoms with van der Waals surface area (Å²) in [5.74, 6) is -2.76. The third-order valence-corrected chi connectivity index (χ3v) is 2.43. The Morgan fingerprint density at radius 3 is 2.53 bits per heavy atom. The Kier molecular flexibility index (Phi) is 3.42. The summed E-state index contributed by atoms with van der Waals surface area (Å²) < 4.78 is 13.2. The minimum atomic E-state index is -1.44. The summed E-state index contributed by atoms with van der Waals surface area (Å²) >= 11 is 5.68. The summed E-state index contributed by atoms with van der Waals surface area (Å²) in [4.78, 5) is 21.7. The summed E-state index contributed by atoms with van der Waals surface area (Å²) in [6.45, 7) is 1.22. The summed E-state index contributed by atoms with van der Waals surface area (Å²) in [5, 5.41) is 7.63. The first-order chi connectivity index (χ1) is 6.95. The fourth-order valence-corrected chi connectivity index (χ4v) is 1.38. The van der Waals surface area contributed by atoms with Crippen molar-refractivity contribution >= 4 is 23.4 Å². The molecule has 0 saturated carbocycles. The predicted molar refractivity (Wildman–Crippen MR) is 52.6 cm³/mol. The monoisotopic (exact) mass is 230 g/mol. The molecule has 0 amide bonds. The lowest BCUT2D eigenvalue weighted by molar-refractivity contribution is -0.116. The van der Waals surface area contributed by atoms with E-state index in [1.807, 2.05) is 0 Å². The Balaban J connectivity index is 3.35. The largest absolute Gasteiger partial charge is 0.478 e. The van der Waals surface area contributed by atoms with Gasteiger partial charge in [0.25, 0.3) is 0 Å². The molecule has 0 aromatic heterocycles. The number of ketones is 1. The highest BCUT2D eigenvalue weighted by atomic mass is 35.5. The van der Waals surface area contributed by atoms with Gasteiger partial charge in [-0.2, -0.15) is 0 Å². The van der Waals surface area contributed by atoms with Crippen molar-refractivity contribution in [2.24, 2.45) is 0 Å². The Hall–Kier alpha value is -1.42. The fourth-order valence-electron chi connectivity index (χ4n) is 1.20. The van der Waals surface area contributed by atoms with Crippen LogP contribution in [0.4, 0.5) is 4.39 Å². The quantitative estimate of drug-likeness (QED) is 0.812. The van der Waals surface area contributed by atoms with Gasteiger partial charge in [0.1, 0.15) is 16.8 Å². The van der Waals surface area contributed by atoms with Gasteiger partial charge in [-0.05, 0) is 18.6 Å². The second-order valence-corrected chi connectivity index (χ2v) is 3.42. The maximum Gasteiger partial charge on any atom is 0.339 e. The zero-order valence-electron chi connectivity index (χ0n) is 7.83. The van der Waals surface area contributed by atoms with Crippen molar-refractivity contribution in [3.63, 3.8) is 0 Å². The maximum absolute atomic E-state index is 13.2. The van der Waals surface area contributed by atoms with E-state index in [4.69, 9.17) is 16.7 Å². The zero-order valence-corrected chi connectivity index (χ0v) is 8.58. The number of alkyl halides is 1. The smallest absolute Gasteiger partial charge is 0.339 e. The minimum Gasteiger partial charge on any atom is -0.478 e. The van der Waals surface area contributed by atoms with E-state index in [2.05, 4.69) is 0 Å². The molecule has 0 aliphatic rings. The molecule has 1 unspecified atom stereocenters. The number of halogens is 2. The van der Waals surface area contributed by atoms with Gasteiger partial charge in [-0.3, -0.25) is 4.79 Å². The molecule has 80 valence electrons. The van der Waals surface area contributed by atoms with Gasteiger partial charge < -0.3 is 5.11 Å². The molecule has 0 radical (unpaired) electrons. The number of Topliss-reactive ketones (excluding diaryl/α,β-unsaturated/α-hetero) is 1. The Bertz CT molecular complexity index is 417. The zero-order chi connectivity index (χ0) is 11.6. The standard InChI is InChI=1S/C10H8ClFO3/c1-5(13)9(11)6-3-2-4-7(12)8(6)10(14)15/h2-4,9H,1H3,(H,14,15). The lowest BCUT2D eigenvalue weighted by Crippen LogP contribution is -2.11. The Morgan fingerprint density at radius 1 is 1.47 bits per heavy atom. The normalized spacial score (nSPS) is 12.2. The number of rotatable bonds is 3. The van der Waals surface area contributed by atoms with Crippen molar-refractivity contribution in [2.75, 3.05) is 0 Å². The van der Waals surface area contributed by atoms with Crippen LogP contribution in [0.1, 0.15) is 28.2 Å². The van der Waals surface area contributed by atoms with Gasteiger partial charge in [-0.25, -0.2) is 9.18 Å². The lowest BCUT2D eigenvalue weighted by atomic mass is 10.0. The Morgan fingerprint density at radius 2 is 2.07 bits per heavy atom. The van der Waals surface area contributed by atoms with Crippen LogP contribution in [-0.4, -0.2) is 16.9 Å². The molecule has 0 bridgehead atoms. The molecule has 3 nitrogen and oxygen atoms in total. The fraction of sp³-hybridized carbons (Fsp3) is 0.200. The molecule has 1 rings (SSSR count). The number of carbonyl (C=O) groups is 2. The van der Waals surface area contributed by atoms with Crippen molar-refractivity contribution < 1.29 is 19.1 Å². The topological polar surface area (TPSA) is 54.4 Å². The molecule has 1 aromatic carbocycles. The van der Waals surface area contributed by atoms with Crippen LogP contribution >= 0.6 is 11.6 Å². The van der Waals surface area contributed by atoms with E-state index in [0.29, 0.717) is 0 Å². The maximum atomic E-state index is 13.2. The van der Waals surface area contributed by atoms with E-state index in [1.165, 1.54) is 19.1 Å². The molecule has 1 atom stereocenters. The summed E-state index contributed by atoms with van der Waals surface area (Å²) in [7, 11) is 0. The van der Waals surface area contributed by atoms with Crippen LogP contribution in [0.2, 0.25) is 0 Å². The number of benzene rings is 1. The molecule has 0 fully saturated rings. The van der Waals surface area contributed by atoms with Crippen molar-refractivity contribution in [2.45, 2.75) is 12.3 Å². The van der Waals surface area contributed by atoms with E-state index < -0.39 is 28.5 Å². The van der Waals surface area contributed by atoms with Crippen molar-refractivity contribution in [3.05, 3.63) is 35.1 Å². The Labute approximate surface area is 90.5 Å². The minimum absolute atomic E-state index is 0.0170. The van der Waals surface area contributed by atoms with Gasteiger partial charge in [0.2, 0.25) is 0 Å². The predicted octanol–water partition coefficient (Wildman–Crippen LogP) is 2.39. The highest BCUT2D eigenvalue weighted by Crippen LogP contribution is 2.26. The van der Waals surface area contributed by atoms with Gasteiger partial charge >= 0.3 is 5.97 Å². The first-order valence-electron chi connectivity index (χ1n) is 4.11. The van der Waals surface area contributed by atoms with Crippen LogP contribution in [0, 0.1) is 5.82 Å². The first-order valence-corrected chi connectivity index (χ1v) is 4.55. The number of hydrogen-bond acceptors (Lipinski definition) is 2. The van der Waals surface area contributed by atoms with Crippen molar-refractivity contribution in [1.82, 2.24) is 0 Å². The van der Waals surface area contributed by atoms with Crippen LogP contribution in [-0.2, 0) is 4.79 Å². The van der Waals surface area contributed by atoms with Crippen LogP contribution in [0.25, 0.3) is 0 Å². The molecular formula is C10H8ClFO3. The number of aromatic carboxylic acids is 1. The molecule has 15 heavy (non-hydrogen) atoms. The lowest BCUT2D eigenvalue weighted by Gasteiger charge is -2.09. The highest BCUT2D eigenvalue weighted by Gasteiger charge is 2.23. The second kappa shape index (κ2) is 4.40. The molecule has 1 N–H and O–H groups in total. The summed E-state index contributed by atoms with van der Waals surface area (Å²) in [6, 6.07) is 3.65. The molecule has 1 aromatic rings. The summed E-state index contributed by atoms with van der Waals surface area (Å²) in [5.41, 5.74) is -0.565. The van der Waals surface area contributed by atoms with E-state index in [9.17, 15) is 14.0 Å². The van der Waals surface area contributed by atoms with Gasteiger partial charge in [0.15, 0.2) is 5.78 Å². The molecular weight excluding hydrogens is 223 g/mol. The van der Waals surface area contributed by atoms with Gasteiger partial charge in [0, 0.05) is 0 Å². The van der Waals surface area contributed by atoms with Crippen LogP contribution in [0.3, 0.4) is 0 Å². The summed E-state index contributed by atoms with van der Waals surface area (Å²) in [6.07, 6.45) is 0. The van der Waals surface area contributed by atoms with Gasteiger partial charge in [0.05, 0.1) is 0 Å². The average Bonchev–Trinajstić information content (AvgIpc) is 2.15. The van der Waals surface area contributed by atoms with Crippen molar-refractivity contribution in [1.29, 1.82) is 0 Å².